The quantitative estimate of drug-likeness (QED) is 0.862. The van der Waals surface area contributed by atoms with Gasteiger partial charge in [0.15, 0.2) is 0 Å². The van der Waals surface area contributed by atoms with Crippen LogP contribution in [0, 0.1) is 18.6 Å². The number of benzene rings is 2. The first-order valence-electron chi connectivity index (χ1n) is 6.48. The summed E-state index contributed by atoms with van der Waals surface area (Å²) in [6.07, 6.45) is 0. The molecule has 0 aliphatic heterocycles. The summed E-state index contributed by atoms with van der Waals surface area (Å²) >= 11 is 6.04. The normalized spacial score (nSPS) is 10.8. The fraction of sp³-hybridized carbons (Fsp3) is 0.250. The van der Waals surface area contributed by atoms with Crippen molar-refractivity contribution in [2.75, 3.05) is 6.54 Å². The van der Waals surface area contributed by atoms with Crippen molar-refractivity contribution in [1.29, 1.82) is 0 Å². The van der Waals surface area contributed by atoms with Gasteiger partial charge in [0.05, 0.1) is 5.02 Å². The molecule has 1 nitrogen and oxygen atoms in total. The van der Waals surface area contributed by atoms with E-state index >= 15 is 0 Å². The summed E-state index contributed by atoms with van der Waals surface area (Å²) in [7, 11) is 0. The van der Waals surface area contributed by atoms with Gasteiger partial charge in [0.2, 0.25) is 0 Å². The third kappa shape index (κ3) is 3.17. The van der Waals surface area contributed by atoms with Gasteiger partial charge in [0.1, 0.15) is 11.6 Å². The highest BCUT2D eigenvalue weighted by Crippen LogP contribution is 2.31. The average Bonchev–Trinajstić information content (AvgIpc) is 2.41. The summed E-state index contributed by atoms with van der Waals surface area (Å²) in [6.45, 7) is 4.89. The first-order valence-corrected chi connectivity index (χ1v) is 6.86. The minimum Gasteiger partial charge on any atom is -0.313 e. The maximum Gasteiger partial charge on any atom is 0.128 e. The van der Waals surface area contributed by atoms with Crippen molar-refractivity contribution in [3.63, 3.8) is 0 Å². The molecule has 0 radical (unpaired) electrons. The number of hydrogen-bond donors (Lipinski definition) is 1. The first-order chi connectivity index (χ1) is 9.52. The van der Waals surface area contributed by atoms with Crippen molar-refractivity contribution in [1.82, 2.24) is 5.32 Å². The van der Waals surface area contributed by atoms with Crippen molar-refractivity contribution in [3.8, 4) is 11.1 Å². The van der Waals surface area contributed by atoms with Gasteiger partial charge in [-0.2, -0.15) is 0 Å². The first kappa shape index (κ1) is 14.9. The molecular weight excluding hydrogens is 280 g/mol. The van der Waals surface area contributed by atoms with E-state index in [1.807, 2.05) is 6.92 Å². The van der Waals surface area contributed by atoms with Crippen LogP contribution in [0.3, 0.4) is 0 Å². The standard InChI is InChI=1S/C16H16ClF2N/c1-3-20-9-12-5-4-11(7-16(12)19)13-6-10(2)15(18)8-14(13)17/h4-8,20H,3,9H2,1-2H3. The molecule has 0 fully saturated rings. The molecule has 0 bridgehead atoms. The second-order valence-corrected chi connectivity index (χ2v) is 5.07. The summed E-state index contributed by atoms with van der Waals surface area (Å²) in [5.41, 5.74) is 2.38. The number of rotatable bonds is 4. The molecule has 2 rings (SSSR count). The molecule has 1 N–H and O–H groups in total. The number of aryl methyl sites for hydroxylation is 1. The molecule has 4 heteroatoms. The maximum atomic E-state index is 14.0. The van der Waals surface area contributed by atoms with E-state index in [-0.39, 0.29) is 16.7 Å². The maximum absolute atomic E-state index is 14.0. The molecule has 0 unspecified atom stereocenters. The highest BCUT2D eigenvalue weighted by molar-refractivity contribution is 6.33. The molecule has 0 aromatic heterocycles. The van der Waals surface area contributed by atoms with E-state index in [9.17, 15) is 8.78 Å². The summed E-state index contributed by atoms with van der Waals surface area (Å²) in [5, 5.41) is 3.36. The lowest BCUT2D eigenvalue weighted by atomic mass is 10.0. The largest absolute Gasteiger partial charge is 0.313 e. The Kier molecular flexibility index (Phi) is 4.73. The van der Waals surface area contributed by atoms with Crippen LogP contribution in [0.25, 0.3) is 11.1 Å². The van der Waals surface area contributed by atoms with E-state index in [2.05, 4.69) is 5.32 Å². The average molecular weight is 296 g/mol. The fourth-order valence-corrected chi connectivity index (χ4v) is 2.26. The van der Waals surface area contributed by atoms with Gasteiger partial charge in [-0.15, -0.1) is 0 Å². The molecule has 0 atom stereocenters. The predicted molar refractivity (Wildman–Crippen MR) is 78.9 cm³/mol. The molecule has 0 aliphatic carbocycles. The minimum absolute atomic E-state index is 0.284. The minimum atomic E-state index is -0.358. The second kappa shape index (κ2) is 6.33. The Labute approximate surface area is 122 Å². The Bertz CT molecular complexity index is 626. The van der Waals surface area contributed by atoms with Gasteiger partial charge in [-0.05, 0) is 42.8 Å². The molecule has 20 heavy (non-hydrogen) atoms. The zero-order valence-electron chi connectivity index (χ0n) is 11.4. The van der Waals surface area contributed by atoms with Gasteiger partial charge >= 0.3 is 0 Å². The van der Waals surface area contributed by atoms with Crippen LogP contribution in [0.15, 0.2) is 30.3 Å². The van der Waals surface area contributed by atoms with Crippen LogP contribution >= 0.6 is 11.6 Å². The molecule has 0 spiro atoms. The summed E-state index contributed by atoms with van der Waals surface area (Å²) in [4.78, 5) is 0. The molecule has 0 saturated heterocycles. The van der Waals surface area contributed by atoms with Crippen LogP contribution in [-0.4, -0.2) is 6.54 Å². The van der Waals surface area contributed by atoms with Crippen molar-refractivity contribution >= 4 is 11.6 Å². The van der Waals surface area contributed by atoms with E-state index in [1.54, 1.807) is 25.1 Å². The molecule has 0 heterocycles. The molecular formula is C16H16ClF2N. The van der Waals surface area contributed by atoms with Crippen LogP contribution in [0.4, 0.5) is 8.78 Å². The van der Waals surface area contributed by atoms with Crippen molar-refractivity contribution in [2.45, 2.75) is 20.4 Å². The van der Waals surface area contributed by atoms with E-state index in [0.717, 1.165) is 6.54 Å². The van der Waals surface area contributed by atoms with Crippen molar-refractivity contribution in [3.05, 3.63) is 58.1 Å². The number of nitrogens with one attached hydrogen (secondary N) is 1. The van der Waals surface area contributed by atoms with Crippen LogP contribution in [0.2, 0.25) is 5.02 Å². The van der Waals surface area contributed by atoms with Crippen LogP contribution in [0.5, 0.6) is 0 Å². The lowest BCUT2D eigenvalue weighted by molar-refractivity contribution is 0.594. The topological polar surface area (TPSA) is 12.0 Å². The molecule has 2 aromatic carbocycles. The summed E-state index contributed by atoms with van der Waals surface area (Å²) in [5.74, 6) is -0.649. The van der Waals surface area contributed by atoms with Crippen LogP contribution in [0.1, 0.15) is 18.1 Å². The van der Waals surface area contributed by atoms with Gasteiger partial charge in [0, 0.05) is 17.7 Å². The van der Waals surface area contributed by atoms with Gasteiger partial charge in [-0.1, -0.05) is 30.7 Å². The predicted octanol–water partition coefficient (Wildman–Crippen LogP) is 4.70. The Morgan fingerprint density at radius 2 is 1.85 bits per heavy atom. The van der Waals surface area contributed by atoms with E-state index in [4.69, 9.17) is 11.6 Å². The van der Waals surface area contributed by atoms with Crippen LogP contribution < -0.4 is 5.32 Å². The third-order valence-electron chi connectivity index (χ3n) is 3.18. The van der Waals surface area contributed by atoms with E-state index in [1.165, 1.54) is 12.1 Å². The SMILES string of the molecule is CCNCc1ccc(-c2cc(C)c(F)cc2Cl)cc1F. The molecule has 0 saturated carbocycles. The fourth-order valence-electron chi connectivity index (χ4n) is 2.00. The molecule has 0 amide bonds. The summed E-state index contributed by atoms with van der Waals surface area (Å²) < 4.78 is 27.4. The van der Waals surface area contributed by atoms with Crippen LogP contribution in [-0.2, 0) is 6.54 Å². The van der Waals surface area contributed by atoms with E-state index < -0.39 is 0 Å². The monoisotopic (exact) mass is 295 g/mol. The lowest BCUT2D eigenvalue weighted by Gasteiger charge is -2.10. The molecule has 2 aromatic rings. The Hall–Kier alpha value is -1.45. The third-order valence-corrected chi connectivity index (χ3v) is 3.49. The van der Waals surface area contributed by atoms with Gasteiger partial charge in [-0.25, -0.2) is 8.78 Å². The van der Waals surface area contributed by atoms with Crippen molar-refractivity contribution in [2.24, 2.45) is 0 Å². The number of hydrogen-bond acceptors (Lipinski definition) is 1. The number of halogens is 3. The molecule has 0 aliphatic rings. The Morgan fingerprint density at radius 1 is 1.10 bits per heavy atom. The zero-order chi connectivity index (χ0) is 14.7. The van der Waals surface area contributed by atoms with E-state index in [0.29, 0.717) is 28.8 Å². The smallest absolute Gasteiger partial charge is 0.128 e. The Morgan fingerprint density at radius 3 is 2.50 bits per heavy atom. The highest BCUT2D eigenvalue weighted by Gasteiger charge is 2.10. The summed E-state index contributed by atoms with van der Waals surface area (Å²) in [6, 6.07) is 7.86. The second-order valence-electron chi connectivity index (χ2n) is 4.67. The van der Waals surface area contributed by atoms with Crippen molar-refractivity contribution < 1.29 is 8.78 Å². The highest BCUT2D eigenvalue weighted by atomic mass is 35.5. The van der Waals surface area contributed by atoms with Gasteiger partial charge < -0.3 is 5.32 Å². The lowest BCUT2D eigenvalue weighted by Crippen LogP contribution is -2.12. The Balaban J connectivity index is 2.39. The zero-order valence-corrected chi connectivity index (χ0v) is 12.2. The van der Waals surface area contributed by atoms with Gasteiger partial charge in [-0.3, -0.25) is 0 Å². The van der Waals surface area contributed by atoms with Gasteiger partial charge in [0.25, 0.3) is 0 Å². The molecule has 106 valence electrons.